The molecule has 0 spiro atoms. The van der Waals surface area contributed by atoms with E-state index in [4.69, 9.17) is 4.74 Å². The molecule has 34 heavy (non-hydrogen) atoms. The summed E-state index contributed by atoms with van der Waals surface area (Å²) >= 11 is 0. The van der Waals surface area contributed by atoms with Crippen LogP contribution in [0.25, 0.3) is 0 Å². The third-order valence-electron chi connectivity index (χ3n) is 5.22. The van der Waals surface area contributed by atoms with Crippen molar-refractivity contribution in [1.29, 1.82) is 0 Å². The summed E-state index contributed by atoms with van der Waals surface area (Å²) in [6.07, 6.45) is 1.61. The van der Waals surface area contributed by atoms with Gasteiger partial charge in [-0.05, 0) is 49.1 Å². The maximum atomic E-state index is 12.7. The van der Waals surface area contributed by atoms with Gasteiger partial charge in [0, 0.05) is 19.6 Å². The van der Waals surface area contributed by atoms with Gasteiger partial charge in [-0.15, -0.1) is 0 Å². The average Bonchev–Trinajstić information content (AvgIpc) is 3.37. The van der Waals surface area contributed by atoms with Crippen LogP contribution >= 0.6 is 0 Å². The van der Waals surface area contributed by atoms with Gasteiger partial charge in [0.2, 0.25) is 10.0 Å². The molecule has 0 aromatic heterocycles. The highest BCUT2D eigenvalue weighted by Gasteiger charge is 2.28. The Morgan fingerprint density at radius 2 is 1.74 bits per heavy atom. The number of benzene rings is 2. The average molecular weight is 488 g/mol. The second kappa shape index (κ2) is 11.3. The van der Waals surface area contributed by atoms with Gasteiger partial charge in [-0.2, -0.15) is 4.31 Å². The van der Waals surface area contributed by atoms with E-state index in [-0.39, 0.29) is 22.3 Å². The number of para-hydroxylation sites is 1. The van der Waals surface area contributed by atoms with E-state index in [1.165, 1.54) is 28.6 Å². The van der Waals surface area contributed by atoms with Crippen LogP contribution in [0.1, 0.15) is 47.4 Å². The lowest BCUT2D eigenvalue weighted by Crippen LogP contribution is -2.29. The Morgan fingerprint density at radius 3 is 2.44 bits per heavy atom. The highest BCUT2D eigenvalue weighted by atomic mass is 32.2. The molecule has 2 N–H and O–H groups in total. The molecule has 0 aliphatic carbocycles. The molecule has 182 valence electrons. The molecule has 0 atom stereocenters. The largest absolute Gasteiger partial charge is 0.452 e. The molecule has 1 fully saturated rings. The van der Waals surface area contributed by atoms with Crippen LogP contribution in [-0.2, 0) is 19.6 Å². The molecule has 0 unspecified atom stereocenters. The number of hydrogen-bond acceptors (Lipinski definition) is 6. The quantitative estimate of drug-likeness (QED) is 0.525. The molecular weight excluding hydrogens is 458 g/mol. The fourth-order valence-electron chi connectivity index (χ4n) is 3.44. The monoisotopic (exact) mass is 487 g/mol. The standard InChI is InChI=1S/C24H29N3O6S/c1-17(2)15-25-23(29)20-10-3-4-11-21(20)26-22(28)16-33-24(30)18-8-7-9-19(14-18)34(31,32)27-12-5-6-13-27/h3-4,7-11,14,17H,5-6,12-13,15-16H2,1-2H3,(H,25,29)(H,26,28). The van der Waals surface area contributed by atoms with Crippen molar-refractivity contribution in [2.45, 2.75) is 31.6 Å². The van der Waals surface area contributed by atoms with Crippen LogP contribution in [0.4, 0.5) is 5.69 Å². The predicted molar refractivity (Wildman–Crippen MR) is 127 cm³/mol. The molecule has 0 bridgehead atoms. The number of ether oxygens (including phenoxy) is 1. The summed E-state index contributed by atoms with van der Waals surface area (Å²) in [5.74, 6) is -1.50. The van der Waals surface area contributed by atoms with Crippen molar-refractivity contribution in [3.63, 3.8) is 0 Å². The fraction of sp³-hybridized carbons (Fsp3) is 0.375. The molecule has 1 aliphatic rings. The van der Waals surface area contributed by atoms with E-state index in [2.05, 4.69) is 10.6 Å². The molecule has 0 radical (unpaired) electrons. The number of anilines is 1. The maximum Gasteiger partial charge on any atom is 0.338 e. The van der Waals surface area contributed by atoms with E-state index in [1.807, 2.05) is 13.8 Å². The van der Waals surface area contributed by atoms with Crippen molar-refractivity contribution >= 4 is 33.5 Å². The number of nitrogens with one attached hydrogen (secondary N) is 2. The molecule has 2 amide bonds. The van der Waals surface area contributed by atoms with Crippen LogP contribution in [0.3, 0.4) is 0 Å². The summed E-state index contributed by atoms with van der Waals surface area (Å²) in [6, 6.07) is 12.1. The zero-order valence-corrected chi connectivity index (χ0v) is 20.1. The first kappa shape index (κ1) is 25.4. The maximum absolute atomic E-state index is 12.7. The number of carbonyl (C=O) groups excluding carboxylic acids is 3. The molecule has 2 aromatic rings. The van der Waals surface area contributed by atoms with Gasteiger partial charge >= 0.3 is 5.97 Å². The smallest absolute Gasteiger partial charge is 0.338 e. The minimum Gasteiger partial charge on any atom is -0.452 e. The van der Waals surface area contributed by atoms with E-state index in [9.17, 15) is 22.8 Å². The van der Waals surface area contributed by atoms with Crippen molar-refractivity contribution in [2.24, 2.45) is 5.92 Å². The van der Waals surface area contributed by atoms with Gasteiger partial charge in [0.15, 0.2) is 6.61 Å². The van der Waals surface area contributed by atoms with Crippen molar-refractivity contribution in [2.75, 3.05) is 31.6 Å². The van der Waals surface area contributed by atoms with Gasteiger partial charge in [-0.25, -0.2) is 13.2 Å². The molecule has 3 rings (SSSR count). The first-order chi connectivity index (χ1) is 16.2. The Hall–Kier alpha value is -3.24. The zero-order chi connectivity index (χ0) is 24.7. The number of esters is 1. The first-order valence-electron chi connectivity index (χ1n) is 11.1. The van der Waals surface area contributed by atoms with Gasteiger partial charge in [-0.1, -0.05) is 32.0 Å². The minimum absolute atomic E-state index is 0.00892. The number of hydrogen-bond donors (Lipinski definition) is 2. The number of amides is 2. The topological polar surface area (TPSA) is 122 Å². The van der Waals surface area contributed by atoms with Crippen LogP contribution in [0.15, 0.2) is 53.4 Å². The number of rotatable bonds is 9. The van der Waals surface area contributed by atoms with Crippen molar-refractivity contribution in [3.05, 3.63) is 59.7 Å². The third kappa shape index (κ3) is 6.42. The van der Waals surface area contributed by atoms with Crippen LogP contribution < -0.4 is 10.6 Å². The Kier molecular flexibility index (Phi) is 8.41. The summed E-state index contributed by atoms with van der Waals surface area (Å²) in [4.78, 5) is 37.2. The third-order valence-corrected chi connectivity index (χ3v) is 7.12. The normalized spacial score (nSPS) is 14.1. The molecular formula is C24H29N3O6S. The van der Waals surface area contributed by atoms with Crippen LogP contribution in [0.2, 0.25) is 0 Å². The van der Waals surface area contributed by atoms with Gasteiger partial charge in [0.1, 0.15) is 0 Å². The molecule has 0 saturated carbocycles. The van der Waals surface area contributed by atoms with Crippen LogP contribution in [-0.4, -0.2) is 56.7 Å². The summed E-state index contributed by atoms with van der Waals surface area (Å²) in [7, 11) is -3.68. The second-order valence-electron chi connectivity index (χ2n) is 8.41. The van der Waals surface area contributed by atoms with Gasteiger partial charge < -0.3 is 15.4 Å². The molecule has 1 heterocycles. The van der Waals surface area contributed by atoms with E-state index in [1.54, 1.807) is 24.3 Å². The molecule has 2 aromatic carbocycles. The summed E-state index contributed by atoms with van der Waals surface area (Å²) in [5.41, 5.74) is 0.618. The molecule has 10 heteroatoms. The SMILES string of the molecule is CC(C)CNC(=O)c1ccccc1NC(=O)COC(=O)c1cccc(S(=O)(=O)N2CCCC2)c1. The van der Waals surface area contributed by atoms with Crippen molar-refractivity contribution < 1.29 is 27.5 Å². The van der Waals surface area contributed by atoms with Crippen molar-refractivity contribution in [1.82, 2.24) is 9.62 Å². The lowest BCUT2D eigenvalue weighted by Gasteiger charge is -2.16. The molecule has 1 aliphatic heterocycles. The fourth-order valence-corrected chi connectivity index (χ4v) is 5.01. The second-order valence-corrected chi connectivity index (χ2v) is 10.4. The minimum atomic E-state index is -3.68. The molecule has 9 nitrogen and oxygen atoms in total. The predicted octanol–water partition coefficient (Wildman–Crippen LogP) is 2.65. The Balaban J connectivity index is 1.61. The number of nitrogens with zero attached hydrogens (tertiary/aromatic N) is 1. The molecule has 1 saturated heterocycles. The Labute approximate surface area is 199 Å². The zero-order valence-electron chi connectivity index (χ0n) is 19.2. The van der Waals surface area contributed by atoms with Gasteiger partial charge in [0.25, 0.3) is 11.8 Å². The first-order valence-corrected chi connectivity index (χ1v) is 12.6. The Morgan fingerprint density at radius 1 is 1.03 bits per heavy atom. The van der Waals surface area contributed by atoms with Gasteiger partial charge in [-0.3, -0.25) is 9.59 Å². The summed E-state index contributed by atoms with van der Waals surface area (Å²) < 4.78 is 31.9. The summed E-state index contributed by atoms with van der Waals surface area (Å²) in [5, 5.41) is 5.37. The number of sulfonamides is 1. The highest BCUT2D eigenvalue weighted by molar-refractivity contribution is 7.89. The lowest BCUT2D eigenvalue weighted by atomic mass is 10.1. The van der Waals surface area contributed by atoms with E-state index >= 15 is 0 Å². The van der Waals surface area contributed by atoms with Crippen LogP contribution in [0.5, 0.6) is 0 Å². The van der Waals surface area contributed by atoms with Gasteiger partial charge in [0.05, 0.1) is 21.7 Å². The lowest BCUT2D eigenvalue weighted by molar-refractivity contribution is -0.119. The van der Waals surface area contributed by atoms with E-state index in [0.717, 1.165) is 12.8 Å². The van der Waals surface area contributed by atoms with Crippen LogP contribution in [0, 0.1) is 5.92 Å². The summed E-state index contributed by atoms with van der Waals surface area (Å²) in [6.45, 7) is 4.75. The number of carbonyl (C=O) groups is 3. The Bertz CT molecular complexity index is 1160. The highest BCUT2D eigenvalue weighted by Crippen LogP contribution is 2.22. The van der Waals surface area contributed by atoms with E-state index in [0.29, 0.717) is 30.9 Å². The van der Waals surface area contributed by atoms with E-state index < -0.39 is 28.5 Å². The van der Waals surface area contributed by atoms with Crippen molar-refractivity contribution in [3.8, 4) is 0 Å².